The average molecular weight is 684 g/mol. The molecule has 13 nitrogen and oxygen atoms in total. The van der Waals surface area contributed by atoms with Gasteiger partial charge in [0.25, 0.3) is 0 Å². The van der Waals surface area contributed by atoms with Crippen LogP contribution < -0.4 is 24.3 Å². The molecular weight excluding hydrogens is 650 g/mol. The number of hydrogen-bond acceptors (Lipinski definition) is 12. The number of phenols is 3. The molecular formula is C34H34ClNO12. The monoisotopic (exact) mass is 683 g/mol. The minimum atomic E-state index is -2.11. The van der Waals surface area contributed by atoms with E-state index in [-0.39, 0.29) is 74.7 Å². The molecule has 0 saturated heterocycles. The number of Topliss-reactive ketones (excluding diaryl/α,β-unsaturated/α-hetero) is 2. The van der Waals surface area contributed by atoms with E-state index >= 15 is 0 Å². The third kappa shape index (κ3) is 5.69. The number of hydrogen-bond donors (Lipinski definition) is 6. The van der Waals surface area contributed by atoms with E-state index in [0.29, 0.717) is 0 Å². The van der Waals surface area contributed by atoms with Gasteiger partial charge in [0.05, 0.1) is 27.4 Å². The maximum absolute atomic E-state index is 14.3. The fourth-order valence-corrected chi connectivity index (χ4v) is 6.43. The number of fused-ring (bicyclic) bond motifs is 1. The van der Waals surface area contributed by atoms with Gasteiger partial charge in [-0.1, -0.05) is 30.7 Å². The van der Waals surface area contributed by atoms with Gasteiger partial charge in [-0.3, -0.25) is 14.4 Å². The van der Waals surface area contributed by atoms with Crippen LogP contribution in [0.5, 0.6) is 40.2 Å². The highest BCUT2D eigenvalue weighted by Crippen LogP contribution is 2.56. The highest BCUT2D eigenvalue weighted by molar-refractivity contribution is 6.35. The molecule has 0 saturated carbocycles. The van der Waals surface area contributed by atoms with Crippen molar-refractivity contribution in [3.8, 4) is 40.2 Å². The van der Waals surface area contributed by atoms with Gasteiger partial charge in [-0.15, -0.1) is 0 Å². The van der Waals surface area contributed by atoms with Crippen LogP contribution in [0.4, 0.5) is 0 Å². The Kier molecular flexibility index (Phi) is 9.38. The second kappa shape index (κ2) is 13.2. The van der Waals surface area contributed by atoms with Crippen molar-refractivity contribution in [3.05, 3.63) is 75.5 Å². The maximum atomic E-state index is 14.3. The predicted molar refractivity (Wildman–Crippen MR) is 170 cm³/mol. The maximum Gasteiger partial charge on any atom is 0.231 e. The van der Waals surface area contributed by atoms with E-state index in [9.17, 15) is 39.9 Å². The summed E-state index contributed by atoms with van der Waals surface area (Å²) in [7, 11) is 4.02. The van der Waals surface area contributed by atoms with Crippen LogP contribution in [0.15, 0.2) is 53.8 Å². The normalized spacial score (nSPS) is 19.8. The molecule has 1 amide bonds. The Balaban J connectivity index is 1.57. The number of methoxy groups -OCH3 is 3. The number of nitrogens with one attached hydrogen (secondary N) is 1. The third-order valence-electron chi connectivity index (χ3n) is 8.73. The summed E-state index contributed by atoms with van der Waals surface area (Å²) in [5, 5.41) is 54.8. The van der Waals surface area contributed by atoms with Crippen LogP contribution in [0.2, 0.25) is 5.02 Å². The number of aliphatic hydroxyl groups is 2. The van der Waals surface area contributed by atoms with Gasteiger partial charge in [0.1, 0.15) is 22.1 Å². The summed E-state index contributed by atoms with van der Waals surface area (Å²) in [5.41, 5.74) is -1.94. The van der Waals surface area contributed by atoms with Crippen LogP contribution in [0.1, 0.15) is 53.3 Å². The zero-order valence-electron chi connectivity index (χ0n) is 26.4. The molecule has 1 heterocycles. The lowest BCUT2D eigenvalue weighted by molar-refractivity contribution is -0.122. The molecule has 48 heavy (non-hydrogen) atoms. The number of benzene rings is 3. The Morgan fingerprint density at radius 2 is 1.58 bits per heavy atom. The van der Waals surface area contributed by atoms with Gasteiger partial charge in [0, 0.05) is 42.9 Å². The summed E-state index contributed by atoms with van der Waals surface area (Å²) in [6, 6.07) is 9.26. The molecule has 0 aromatic heterocycles. The zero-order chi connectivity index (χ0) is 35.1. The van der Waals surface area contributed by atoms with Crippen molar-refractivity contribution in [2.45, 2.75) is 37.4 Å². The van der Waals surface area contributed by atoms with Crippen LogP contribution in [0.25, 0.3) is 0 Å². The molecule has 1 spiro atoms. The molecule has 14 heteroatoms. The molecule has 1 unspecified atom stereocenters. The van der Waals surface area contributed by atoms with Gasteiger partial charge in [0.2, 0.25) is 17.3 Å². The molecule has 0 bridgehead atoms. The lowest BCUT2D eigenvalue weighted by atomic mass is 9.69. The summed E-state index contributed by atoms with van der Waals surface area (Å²) >= 11 is 6.55. The van der Waals surface area contributed by atoms with E-state index in [4.69, 9.17) is 30.5 Å². The number of phenolic OH excluding ortho intramolecular Hbond substituents is 3. The number of halogens is 1. The Bertz CT molecular complexity index is 1840. The number of aromatic hydroxyl groups is 3. The second-order valence-corrected chi connectivity index (χ2v) is 11.9. The van der Waals surface area contributed by atoms with E-state index in [1.54, 1.807) is 6.92 Å². The van der Waals surface area contributed by atoms with E-state index in [2.05, 4.69) is 5.32 Å². The van der Waals surface area contributed by atoms with Gasteiger partial charge >= 0.3 is 0 Å². The lowest BCUT2D eigenvalue weighted by Crippen LogP contribution is -2.53. The van der Waals surface area contributed by atoms with E-state index in [0.717, 1.165) is 6.07 Å². The average Bonchev–Trinajstić information content (AvgIpc) is 3.38. The van der Waals surface area contributed by atoms with Crippen molar-refractivity contribution in [1.29, 1.82) is 0 Å². The number of amides is 1. The van der Waals surface area contributed by atoms with Gasteiger partial charge < -0.3 is 49.8 Å². The smallest absolute Gasteiger partial charge is 0.231 e. The molecule has 1 aliphatic carbocycles. The zero-order valence-corrected chi connectivity index (χ0v) is 27.1. The van der Waals surface area contributed by atoms with Crippen LogP contribution in [-0.2, 0) is 9.59 Å². The fourth-order valence-electron chi connectivity index (χ4n) is 6.17. The van der Waals surface area contributed by atoms with Crippen LogP contribution >= 0.6 is 11.6 Å². The van der Waals surface area contributed by atoms with Crippen LogP contribution in [0, 0.1) is 5.92 Å². The van der Waals surface area contributed by atoms with E-state index in [1.165, 1.54) is 57.7 Å². The van der Waals surface area contributed by atoms with Crippen molar-refractivity contribution < 1.29 is 58.9 Å². The van der Waals surface area contributed by atoms with Gasteiger partial charge in [-0.05, 0) is 35.4 Å². The van der Waals surface area contributed by atoms with E-state index in [1.807, 2.05) is 0 Å². The first-order valence-corrected chi connectivity index (χ1v) is 15.1. The first kappa shape index (κ1) is 34.2. The molecule has 4 atom stereocenters. The summed E-state index contributed by atoms with van der Waals surface area (Å²) in [5.74, 6) is -5.63. The summed E-state index contributed by atoms with van der Waals surface area (Å²) < 4.78 is 22.2. The number of carbonyl (C=O) groups excluding carboxylic acids is 3. The molecule has 2 aliphatic rings. The number of allylic oxidation sites excluding steroid dienone is 1. The van der Waals surface area contributed by atoms with Crippen molar-refractivity contribution >= 4 is 29.1 Å². The first-order chi connectivity index (χ1) is 22.8. The number of aliphatic hydroxyl groups excluding tert-OH is 2. The predicted octanol–water partition coefficient (Wildman–Crippen LogP) is 4.24. The molecule has 3 aromatic carbocycles. The minimum Gasteiger partial charge on any atom is -0.507 e. The minimum absolute atomic E-state index is 0.0242. The number of ether oxygens (including phenoxy) is 4. The van der Waals surface area contributed by atoms with Gasteiger partial charge in [0.15, 0.2) is 40.3 Å². The summed E-state index contributed by atoms with van der Waals surface area (Å²) in [6.45, 7) is 1.26. The van der Waals surface area contributed by atoms with E-state index < -0.39 is 58.9 Å². The Morgan fingerprint density at radius 3 is 2.23 bits per heavy atom. The lowest BCUT2D eigenvalue weighted by Gasteiger charge is -2.38. The van der Waals surface area contributed by atoms with Gasteiger partial charge in [-0.25, -0.2) is 0 Å². The second-order valence-electron chi connectivity index (χ2n) is 11.5. The first-order valence-electron chi connectivity index (χ1n) is 14.8. The Hall–Kier alpha value is -5.14. The van der Waals surface area contributed by atoms with Crippen LogP contribution in [-0.4, -0.2) is 76.5 Å². The quantitative estimate of drug-likeness (QED) is 0.166. The van der Waals surface area contributed by atoms with Crippen molar-refractivity contribution in [3.63, 3.8) is 0 Å². The number of rotatable bonds is 10. The van der Waals surface area contributed by atoms with Crippen LogP contribution in [0.3, 0.4) is 0 Å². The molecule has 254 valence electrons. The number of carbonyl (C=O) groups is 3. The highest BCUT2D eigenvalue weighted by atomic mass is 35.5. The molecule has 0 fully saturated rings. The highest BCUT2D eigenvalue weighted by Gasteiger charge is 2.61. The molecule has 6 N–H and O–H groups in total. The fraction of sp³-hybridized carbons (Fsp3) is 0.324. The van der Waals surface area contributed by atoms with Gasteiger partial charge in [-0.2, -0.15) is 0 Å². The molecule has 0 radical (unpaired) electrons. The summed E-state index contributed by atoms with van der Waals surface area (Å²) in [4.78, 5) is 41.5. The number of ketones is 2. The van der Waals surface area contributed by atoms with Crippen molar-refractivity contribution in [2.75, 3.05) is 27.9 Å². The molecule has 5 rings (SSSR count). The van der Waals surface area contributed by atoms with Crippen molar-refractivity contribution in [1.82, 2.24) is 5.32 Å². The van der Waals surface area contributed by atoms with Crippen molar-refractivity contribution in [2.24, 2.45) is 5.92 Å². The SMILES string of the molecule is COc1cc(C(CC(=O)NC[C@H](O)c2ccc(O)c(O)c2)C2=C(O)[C@@]3(Oc4c(Cl)c(OC)cc(OC)c4C3=O)[C@H](C)CC2=O)ccc1O. The molecule has 3 aromatic rings. The Labute approximate surface area is 279 Å². The Morgan fingerprint density at radius 1 is 0.938 bits per heavy atom. The largest absolute Gasteiger partial charge is 0.507 e. The molecule has 1 aliphatic heterocycles. The summed E-state index contributed by atoms with van der Waals surface area (Å²) in [6.07, 6.45) is -2.00. The topological polar surface area (TPSA) is 201 Å². The third-order valence-corrected chi connectivity index (χ3v) is 9.09. The standard InChI is InChI=1S/C34H34ClNO12/c1-15-9-22(40)28(32(43)34(15)33(44)29-25(46-3)13-26(47-4)30(35)31(29)48-34)18(16-5-8-20(38)24(11-16)45-2)12-27(42)36-14-23(41)17-6-7-19(37)21(39)10-17/h5-8,10-11,13,15,18,23,37-39,41,43H,9,12,14H2,1-4H3,(H,36,42)/t15-,18?,23+,34+/m1/s1.